The van der Waals surface area contributed by atoms with Gasteiger partial charge in [-0.15, -0.1) is 5.10 Å². The first kappa shape index (κ1) is 27.6. The molecule has 0 spiro atoms. The van der Waals surface area contributed by atoms with Gasteiger partial charge in [-0.05, 0) is 51.5 Å². The van der Waals surface area contributed by atoms with Crippen molar-refractivity contribution in [2.75, 3.05) is 17.9 Å². The number of sulfonamides is 1. The van der Waals surface area contributed by atoms with E-state index < -0.39 is 10.0 Å². The number of hydrogen-bond acceptors (Lipinski definition) is 7. The molecule has 0 amide bonds. The highest BCUT2D eigenvalue weighted by Crippen LogP contribution is 2.38. The predicted molar refractivity (Wildman–Crippen MR) is 150 cm³/mol. The molecule has 1 N–H and O–H groups in total. The summed E-state index contributed by atoms with van der Waals surface area (Å²) in [7, 11) is -2.24. The van der Waals surface area contributed by atoms with E-state index in [4.69, 9.17) is 9.47 Å². The van der Waals surface area contributed by atoms with E-state index in [1.165, 1.54) is 4.68 Å². The quantitative estimate of drug-likeness (QED) is 0.253. The Kier molecular flexibility index (Phi) is 8.08. The maximum atomic E-state index is 13.4. The third-order valence-corrected chi connectivity index (χ3v) is 7.53. The van der Waals surface area contributed by atoms with Gasteiger partial charge in [0.15, 0.2) is 0 Å². The van der Waals surface area contributed by atoms with Gasteiger partial charge in [-0.2, -0.15) is 0 Å². The molecule has 11 heteroatoms. The Morgan fingerprint density at radius 2 is 1.55 bits per heavy atom. The number of halogens is 1. The minimum Gasteiger partial charge on any atom is -0.472 e. The maximum Gasteiger partial charge on any atom is 0.316 e. The molecular formula is C27H30BrN5O4S. The van der Waals surface area contributed by atoms with Crippen LogP contribution in [0.4, 0.5) is 5.82 Å². The van der Waals surface area contributed by atoms with Gasteiger partial charge < -0.3 is 9.47 Å². The van der Waals surface area contributed by atoms with Crippen LogP contribution in [0.25, 0.3) is 11.1 Å². The molecule has 0 bridgehead atoms. The summed E-state index contributed by atoms with van der Waals surface area (Å²) >= 11 is 3.28. The molecule has 0 saturated heterocycles. The van der Waals surface area contributed by atoms with Gasteiger partial charge in [0.1, 0.15) is 19.0 Å². The molecule has 2 aromatic carbocycles. The fraction of sp³-hybridized carbons (Fsp3) is 0.296. The van der Waals surface area contributed by atoms with Crippen LogP contribution >= 0.6 is 15.9 Å². The lowest BCUT2D eigenvalue weighted by Gasteiger charge is -2.19. The van der Waals surface area contributed by atoms with Crippen LogP contribution in [0.1, 0.15) is 31.9 Å². The number of hydrogen-bond donors (Lipinski definition) is 1. The molecule has 4 aromatic rings. The summed E-state index contributed by atoms with van der Waals surface area (Å²) in [6, 6.07) is 14.8. The van der Waals surface area contributed by atoms with Gasteiger partial charge in [0.2, 0.25) is 5.88 Å². The first-order valence-corrected chi connectivity index (χ1v) is 14.2. The van der Waals surface area contributed by atoms with Crippen molar-refractivity contribution < 1.29 is 17.9 Å². The average Bonchev–Trinajstić information content (AvgIpc) is 3.17. The number of anilines is 1. The number of nitrogens with one attached hydrogen (secondary N) is 1. The van der Waals surface area contributed by atoms with Gasteiger partial charge >= 0.3 is 6.01 Å². The van der Waals surface area contributed by atoms with Gasteiger partial charge in [-0.3, -0.25) is 4.72 Å². The van der Waals surface area contributed by atoms with Gasteiger partial charge in [-0.25, -0.2) is 23.1 Å². The fourth-order valence-corrected chi connectivity index (χ4v) is 4.97. The normalized spacial score (nSPS) is 11.8. The molecule has 0 aliphatic carbocycles. The van der Waals surface area contributed by atoms with Crippen molar-refractivity contribution in [1.82, 2.24) is 19.7 Å². The van der Waals surface area contributed by atoms with Crippen molar-refractivity contribution in [3.63, 3.8) is 0 Å². The highest BCUT2D eigenvalue weighted by molar-refractivity contribution is 9.10. The lowest BCUT2D eigenvalue weighted by atomic mass is 9.87. The summed E-state index contributed by atoms with van der Waals surface area (Å²) in [6.07, 6.45) is 3.18. The van der Waals surface area contributed by atoms with Crippen LogP contribution < -0.4 is 14.2 Å². The lowest BCUT2D eigenvalue weighted by molar-refractivity contribution is 0.201. The van der Waals surface area contributed by atoms with Crippen LogP contribution in [0.2, 0.25) is 0 Å². The van der Waals surface area contributed by atoms with Crippen LogP contribution in [0, 0.1) is 6.92 Å². The second-order valence-electron chi connectivity index (χ2n) is 9.78. The van der Waals surface area contributed by atoms with Crippen LogP contribution in [0.3, 0.4) is 0 Å². The molecular weight excluding hydrogens is 570 g/mol. The topological polar surface area (TPSA) is 108 Å². The predicted octanol–water partition coefficient (Wildman–Crippen LogP) is 5.50. The molecule has 0 aliphatic rings. The second kappa shape index (κ2) is 11.1. The Hall–Kier alpha value is -3.44. The molecule has 0 radical (unpaired) electrons. The molecule has 2 heterocycles. The number of ether oxygens (including phenoxy) is 2. The third kappa shape index (κ3) is 6.51. The molecule has 0 unspecified atom stereocenters. The number of aryl methyl sites for hydroxylation is 2. The Labute approximate surface area is 231 Å². The zero-order valence-corrected chi connectivity index (χ0v) is 24.3. The molecule has 38 heavy (non-hydrogen) atoms. The fourth-order valence-electron chi connectivity index (χ4n) is 3.66. The average molecular weight is 601 g/mol. The molecule has 9 nitrogen and oxygen atoms in total. The van der Waals surface area contributed by atoms with Crippen molar-refractivity contribution in [3.8, 4) is 23.0 Å². The summed E-state index contributed by atoms with van der Waals surface area (Å²) in [5.41, 5.74) is 3.32. The Morgan fingerprint density at radius 1 is 0.947 bits per heavy atom. The first-order valence-electron chi connectivity index (χ1n) is 11.9. The maximum absolute atomic E-state index is 13.4. The van der Waals surface area contributed by atoms with Gasteiger partial charge in [0.05, 0.1) is 14.9 Å². The molecule has 200 valence electrons. The van der Waals surface area contributed by atoms with Gasteiger partial charge in [-0.1, -0.05) is 62.7 Å². The van der Waals surface area contributed by atoms with Crippen molar-refractivity contribution in [1.29, 1.82) is 0 Å². The second-order valence-corrected chi connectivity index (χ2v) is 12.4. The van der Waals surface area contributed by atoms with E-state index in [-0.39, 0.29) is 35.4 Å². The summed E-state index contributed by atoms with van der Waals surface area (Å²) in [4.78, 5) is 8.30. The number of rotatable bonds is 9. The van der Waals surface area contributed by atoms with E-state index in [1.54, 1.807) is 31.6 Å². The van der Waals surface area contributed by atoms with Crippen LogP contribution in [-0.4, -0.2) is 41.4 Å². The Balaban J connectivity index is 1.60. The van der Waals surface area contributed by atoms with E-state index >= 15 is 0 Å². The largest absolute Gasteiger partial charge is 0.472 e. The van der Waals surface area contributed by atoms with Crippen molar-refractivity contribution in [2.24, 2.45) is 7.05 Å². The zero-order valence-electron chi connectivity index (χ0n) is 21.9. The lowest BCUT2D eigenvalue weighted by Crippen LogP contribution is -2.17. The van der Waals surface area contributed by atoms with E-state index in [0.29, 0.717) is 11.4 Å². The summed E-state index contributed by atoms with van der Waals surface area (Å²) in [6.45, 7) is 8.55. The smallest absolute Gasteiger partial charge is 0.316 e. The number of aromatic nitrogens is 4. The molecule has 0 atom stereocenters. The van der Waals surface area contributed by atoms with E-state index in [0.717, 1.165) is 21.2 Å². The summed E-state index contributed by atoms with van der Waals surface area (Å²) in [5, 5.41) is 4.46. The summed E-state index contributed by atoms with van der Waals surface area (Å²) in [5.74, 6) is 0.568. The first-order chi connectivity index (χ1) is 17.9. The minimum atomic E-state index is -3.90. The Bertz CT molecular complexity index is 1500. The van der Waals surface area contributed by atoms with Gasteiger partial charge in [0.25, 0.3) is 10.0 Å². The standard InChI is InChI=1S/C27H30BrN5O4S/c1-18-6-8-19(9-7-18)23-24(32-38(34,35)22-12-10-20(11-13-22)27(2,3)4)33(5)31-25(23)36-14-15-37-26-29-16-21(28)17-30-26/h6-13,16-17,32H,14-15H2,1-5H3. The number of nitrogens with zero attached hydrogens (tertiary/aromatic N) is 4. The van der Waals surface area contributed by atoms with E-state index in [2.05, 4.69) is 56.5 Å². The van der Waals surface area contributed by atoms with Crippen LogP contribution in [0.5, 0.6) is 11.9 Å². The van der Waals surface area contributed by atoms with E-state index in [9.17, 15) is 8.42 Å². The molecule has 0 fully saturated rings. The van der Waals surface area contributed by atoms with Gasteiger partial charge in [0, 0.05) is 19.4 Å². The molecule has 0 saturated carbocycles. The Morgan fingerprint density at radius 3 is 2.16 bits per heavy atom. The highest BCUT2D eigenvalue weighted by Gasteiger charge is 2.25. The molecule has 2 aromatic heterocycles. The number of benzene rings is 2. The van der Waals surface area contributed by atoms with Crippen molar-refractivity contribution >= 4 is 31.8 Å². The zero-order chi connectivity index (χ0) is 27.5. The van der Waals surface area contributed by atoms with Crippen LogP contribution in [0.15, 0.2) is 70.3 Å². The minimum absolute atomic E-state index is 0.0875. The highest BCUT2D eigenvalue weighted by atomic mass is 79.9. The van der Waals surface area contributed by atoms with Crippen molar-refractivity contribution in [2.45, 2.75) is 38.0 Å². The van der Waals surface area contributed by atoms with E-state index in [1.807, 2.05) is 43.3 Å². The SMILES string of the molecule is Cc1ccc(-c2c(OCCOc3ncc(Br)cn3)nn(C)c2NS(=O)(=O)c2ccc(C(C)(C)C)cc2)cc1. The molecule has 4 rings (SSSR count). The monoisotopic (exact) mass is 599 g/mol. The third-order valence-electron chi connectivity index (χ3n) is 5.77. The van der Waals surface area contributed by atoms with Crippen molar-refractivity contribution in [3.05, 3.63) is 76.5 Å². The van der Waals surface area contributed by atoms with Crippen LogP contribution in [-0.2, 0) is 22.5 Å². The summed E-state index contributed by atoms with van der Waals surface area (Å²) < 4.78 is 43.2. The molecule has 0 aliphatic heterocycles.